The first-order chi connectivity index (χ1) is 15.0. The number of nitrogens with one attached hydrogen (secondary N) is 3. The number of imide groups is 1. The van der Waals surface area contributed by atoms with E-state index in [1.54, 1.807) is 13.2 Å². The van der Waals surface area contributed by atoms with Gasteiger partial charge in [0.1, 0.15) is 5.76 Å². The van der Waals surface area contributed by atoms with Crippen LogP contribution in [0.1, 0.15) is 51.2 Å². The molecule has 4 aliphatic rings. The summed E-state index contributed by atoms with van der Waals surface area (Å²) in [6.07, 6.45) is 8.74. The number of nitrogens with zero attached hydrogens (tertiary/aromatic N) is 2. The Labute approximate surface area is 189 Å². The summed E-state index contributed by atoms with van der Waals surface area (Å²) in [5.74, 6) is 2.72. The number of anilines is 1. The van der Waals surface area contributed by atoms with E-state index >= 15 is 0 Å². The molecule has 166 valence electrons. The second kappa shape index (κ2) is 8.46. The SMILES string of the molecule is C[C@@H](Sc1nnc(NCc2ccco2)s1)C(=O)NC(=O)NC12CC3CC(CC(C3)C1)C2. The fourth-order valence-electron chi connectivity index (χ4n) is 5.86. The highest BCUT2D eigenvalue weighted by Gasteiger charge is 2.51. The number of rotatable bonds is 7. The smallest absolute Gasteiger partial charge is 0.321 e. The predicted molar refractivity (Wildman–Crippen MR) is 119 cm³/mol. The summed E-state index contributed by atoms with van der Waals surface area (Å²) >= 11 is 2.67. The van der Waals surface area contributed by atoms with Gasteiger partial charge in [-0.3, -0.25) is 10.1 Å². The van der Waals surface area contributed by atoms with Crippen LogP contribution in [0.25, 0.3) is 0 Å². The Hall–Kier alpha value is -2.07. The highest BCUT2D eigenvalue weighted by molar-refractivity contribution is 8.02. The first-order valence-corrected chi connectivity index (χ1v) is 12.6. The molecule has 6 rings (SSSR count). The van der Waals surface area contributed by atoms with Gasteiger partial charge in [0.2, 0.25) is 11.0 Å². The first-order valence-electron chi connectivity index (χ1n) is 10.9. The number of hydrogen-bond donors (Lipinski definition) is 3. The number of urea groups is 1. The minimum Gasteiger partial charge on any atom is -0.467 e. The maximum atomic E-state index is 12.6. The van der Waals surface area contributed by atoms with Crippen LogP contribution in [0.3, 0.4) is 0 Å². The number of thioether (sulfide) groups is 1. The summed E-state index contributed by atoms with van der Waals surface area (Å²) < 4.78 is 5.95. The number of hydrogen-bond acceptors (Lipinski definition) is 8. The fourth-order valence-corrected chi connectivity index (χ4v) is 7.75. The van der Waals surface area contributed by atoms with Gasteiger partial charge in [0.15, 0.2) is 4.34 Å². The third-order valence-electron chi connectivity index (χ3n) is 6.70. The molecule has 4 bridgehead atoms. The molecule has 4 saturated carbocycles. The normalized spacial score (nSPS) is 29.5. The lowest BCUT2D eigenvalue weighted by Crippen LogP contribution is -2.62. The molecule has 3 amide bonds. The van der Waals surface area contributed by atoms with Crippen LogP contribution >= 0.6 is 23.1 Å². The minimum atomic E-state index is -0.451. The third kappa shape index (κ3) is 4.74. The van der Waals surface area contributed by atoms with Crippen molar-refractivity contribution in [2.75, 3.05) is 5.32 Å². The van der Waals surface area contributed by atoms with Crippen LogP contribution in [-0.2, 0) is 11.3 Å². The van der Waals surface area contributed by atoms with Crippen LogP contribution in [0.15, 0.2) is 27.2 Å². The van der Waals surface area contributed by atoms with E-state index in [0.717, 1.165) is 42.8 Å². The van der Waals surface area contributed by atoms with Crippen LogP contribution in [0.4, 0.5) is 9.93 Å². The Morgan fingerprint density at radius 1 is 1.23 bits per heavy atom. The van der Waals surface area contributed by atoms with Crippen LogP contribution in [0.2, 0.25) is 0 Å². The zero-order valence-corrected chi connectivity index (χ0v) is 19.1. The molecule has 10 heteroatoms. The lowest BCUT2D eigenvalue weighted by molar-refractivity contribution is -0.119. The van der Waals surface area contributed by atoms with Crippen LogP contribution in [0.5, 0.6) is 0 Å². The van der Waals surface area contributed by atoms with E-state index in [1.807, 2.05) is 12.1 Å². The Kier molecular flexibility index (Phi) is 5.68. The van der Waals surface area contributed by atoms with Crippen molar-refractivity contribution >= 4 is 40.2 Å². The van der Waals surface area contributed by atoms with Crippen molar-refractivity contribution in [3.63, 3.8) is 0 Å². The highest BCUT2D eigenvalue weighted by atomic mass is 32.2. The summed E-state index contributed by atoms with van der Waals surface area (Å²) in [6, 6.07) is 3.35. The molecule has 3 N–H and O–H groups in total. The van der Waals surface area contributed by atoms with Gasteiger partial charge < -0.3 is 15.1 Å². The number of carbonyl (C=O) groups is 2. The Balaban J connectivity index is 1.10. The summed E-state index contributed by atoms with van der Waals surface area (Å²) in [7, 11) is 0. The van der Waals surface area contributed by atoms with E-state index in [2.05, 4.69) is 26.1 Å². The van der Waals surface area contributed by atoms with Crippen molar-refractivity contribution in [1.29, 1.82) is 0 Å². The molecule has 0 aromatic carbocycles. The van der Waals surface area contributed by atoms with Gasteiger partial charge >= 0.3 is 6.03 Å². The molecule has 0 radical (unpaired) electrons. The zero-order valence-electron chi connectivity index (χ0n) is 17.4. The van der Waals surface area contributed by atoms with Crippen molar-refractivity contribution < 1.29 is 14.0 Å². The Bertz CT molecular complexity index is 909. The maximum absolute atomic E-state index is 12.6. The molecule has 31 heavy (non-hydrogen) atoms. The lowest BCUT2D eigenvalue weighted by atomic mass is 9.53. The molecular formula is C21H27N5O3S2. The maximum Gasteiger partial charge on any atom is 0.321 e. The minimum absolute atomic E-state index is 0.108. The number of furan rings is 1. The number of carbonyl (C=O) groups excluding carboxylic acids is 2. The van der Waals surface area contributed by atoms with Gasteiger partial charge in [-0.25, -0.2) is 4.79 Å². The Morgan fingerprint density at radius 2 is 1.94 bits per heavy atom. The largest absolute Gasteiger partial charge is 0.467 e. The molecule has 2 aromatic heterocycles. The molecule has 4 fully saturated rings. The average Bonchev–Trinajstić information content (AvgIpc) is 3.36. The van der Waals surface area contributed by atoms with Gasteiger partial charge in [-0.1, -0.05) is 23.1 Å². The van der Waals surface area contributed by atoms with Crippen molar-refractivity contribution in [2.24, 2.45) is 17.8 Å². The molecule has 8 nitrogen and oxygen atoms in total. The van der Waals surface area contributed by atoms with Gasteiger partial charge in [-0.2, -0.15) is 0 Å². The van der Waals surface area contributed by atoms with Gasteiger partial charge in [0.25, 0.3) is 0 Å². The third-order valence-corrected chi connectivity index (χ3v) is 8.77. The molecule has 2 aromatic rings. The predicted octanol–water partition coefficient (Wildman–Crippen LogP) is 4.02. The van der Waals surface area contributed by atoms with Crippen molar-refractivity contribution in [2.45, 2.75) is 67.1 Å². The van der Waals surface area contributed by atoms with E-state index in [0.29, 0.717) is 16.0 Å². The van der Waals surface area contributed by atoms with E-state index in [1.165, 1.54) is 42.4 Å². The fraction of sp³-hybridized carbons (Fsp3) is 0.619. The highest BCUT2D eigenvalue weighted by Crippen LogP contribution is 2.55. The lowest BCUT2D eigenvalue weighted by Gasteiger charge is -2.56. The van der Waals surface area contributed by atoms with Crippen molar-refractivity contribution in [3.8, 4) is 0 Å². The summed E-state index contributed by atoms with van der Waals surface area (Å²) in [5.41, 5.74) is -0.108. The van der Waals surface area contributed by atoms with Crippen LogP contribution in [-0.4, -0.2) is 32.9 Å². The van der Waals surface area contributed by atoms with E-state index < -0.39 is 5.25 Å². The second-order valence-electron chi connectivity index (χ2n) is 9.21. The topological polar surface area (TPSA) is 109 Å². The molecule has 0 saturated heterocycles. The average molecular weight is 462 g/mol. The molecule has 0 unspecified atom stereocenters. The van der Waals surface area contributed by atoms with Crippen LogP contribution < -0.4 is 16.0 Å². The van der Waals surface area contributed by atoms with E-state index in [9.17, 15) is 9.59 Å². The summed E-state index contributed by atoms with van der Waals surface area (Å²) in [4.78, 5) is 25.2. The quantitative estimate of drug-likeness (QED) is 0.534. The monoisotopic (exact) mass is 461 g/mol. The van der Waals surface area contributed by atoms with E-state index in [4.69, 9.17) is 4.42 Å². The molecule has 0 aliphatic heterocycles. The summed E-state index contributed by atoms with van der Waals surface area (Å²) in [6.45, 7) is 2.29. The first kappa shape index (κ1) is 20.8. The number of amides is 3. The number of aromatic nitrogens is 2. The van der Waals surface area contributed by atoms with E-state index in [-0.39, 0.29) is 17.5 Å². The summed E-state index contributed by atoms with van der Waals surface area (Å²) in [5, 5.41) is 17.3. The molecule has 0 spiro atoms. The van der Waals surface area contributed by atoms with Gasteiger partial charge in [0, 0.05) is 5.54 Å². The van der Waals surface area contributed by atoms with Crippen molar-refractivity contribution in [3.05, 3.63) is 24.2 Å². The van der Waals surface area contributed by atoms with Crippen LogP contribution in [0, 0.1) is 17.8 Å². The molecule has 4 aliphatic carbocycles. The van der Waals surface area contributed by atoms with Crippen molar-refractivity contribution in [1.82, 2.24) is 20.8 Å². The van der Waals surface area contributed by atoms with Gasteiger partial charge in [0.05, 0.1) is 18.1 Å². The standard InChI is InChI=1S/C21H27N5O3S2/c1-12(30-20-26-25-19(31-20)22-11-16-3-2-4-29-16)17(27)23-18(28)24-21-8-13-5-14(9-21)7-15(6-13)10-21/h2-4,12-15H,5-11H2,1H3,(H,22,25)(H2,23,24,27,28)/t12-,13?,14?,15?,21?/m1/s1. The van der Waals surface area contributed by atoms with Gasteiger partial charge in [-0.15, -0.1) is 10.2 Å². The Morgan fingerprint density at radius 3 is 2.58 bits per heavy atom. The molecule has 2 heterocycles. The molecular weight excluding hydrogens is 434 g/mol. The zero-order chi connectivity index (χ0) is 21.4. The second-order valence-corrected chi connectivity index (χ2v) is 11.8. The van der Waals surface area contributed by atoms with Gasteiger partial charge in [-0.05, 0) is 75.3 Å². The molecule has 1 atom stereocenters.